The third-order valence-corrected chi connectivity index (χ3v) is 7.99. The van der Waals surface area contributed by atoms with E-state index in [0.29, 0.717) is 36.8 Å². The summed E-state index contributed by atoms with van der Waals surface area (Å²) in [6.07, 6.45) is 6.59. The highest BCUT2D eigenvalue weighted by Gasteiger charge is 2.39. The number of nitrogens with zero attached hydrogens (tertiary/aromatic N) is 7. The van der Waals surface area contributed by atoms with E-state index in [1.165, 1.54) is 4.90 Å². The predicted octanol–water partition coefficient (Wildman–Crippen LogP) is 5.03. The zero-order valence-electron chi connectivity index (χ0n) is 22.6. The number of amides is 1. The number of hydrogen-bond donors (Lipinski definition) is 2. The Balaban J connectivity index is 1.52. The second-order valence-electron chi connectivity index (χ2n) is 11.7. The quantitative estimate of drug-likeness (QED) is 0.467. The van der Waals surface area contributed by atoms with Gasteiger partial charge in [0.2, 0.25) is 5.82 Å². The van der Waals surface area contributed by atoms with E-state index < -0.39 is 11.9 Å². The minimum atomic E-state index is -0.973. The van der Waals surface area contributed by atoms with Crippen LogP contribution in [0, 0.1) is 28.5 Å². The van der Waals surface area contributed by atoms with E-state index >= 15 is 4.39 Å². The van der Waals surface area contributed by atoms with Gasteiger partial charge in [0.25, 0.3) is 0 Å². The molecule has 1 unspecified atom stereocenters. The van der Waals surface area contributed by atoms with Crippen LogP contribution in [-0.4, -0.2) is 67.4 Å². The molecule has 1 atom stereocenters. The van der Waals surface area contributed by atoms with Crippen LogP contribution in [0.3, 0.4) is 0 Å². The zero-order valence-corrected chi connectivity index (χ0v) is 22.6. The zero-order chi connectivity index (χ0) is 27.7. The Morgan fingerprint density at radius 1 is 1.21 bits per heavy atom. The molecule has 11 heteroatoms. The number of aromatic nitrogens is 4. The normalized spacial score (nSPS) is 22.1. The Kier molecular flexibility index (Phi) is 7.30. The molecule has 10 nitrogen and oxygen atoms in total. The van der Waals surface area contributed by atoms with Crippen molar-refractivity contribution < 1.29 is 14.3 Å². The lowest BCUT2D eigenvalue weighted by Gasteiger charge is -2.46. The molecule has 2 aliphatic rings. The smallest absolute Gasteiger partial charge is 0.407 e. The van der Waals surface area contributed by atoms with Gasteiger partial charge in [-0.05, 0) is 49.1 Å². The summed E-state index contributed by atoms with van der Waals surface area (Å²) in [7, 11) is 0. The summed E-state index contributed by atoms with van der Waals surface area (Å²) >= 11 is 0. The number of anilines is 2. The van der Waals surface area contributed by atoms with E-state index in [0.717, 1.165) is 31.2 Å². The lowest BCUT2D eigenvalue weighted by Crippen LogP contribution is -2.59. The van der Waals surface area contributed by atoms with Crippen LogP contribution in [0.5, 0.6) is 0 Å². The van der Waals surface area contributed by atoms with Crippen molar-refractivity contribution in [1.29, 1.82) is 5.26 Å². The molecule has 0 bridgehead atoms. The minimum Gasteiger partial charge on any atom is -0.465 e. The predicted molar refractivity (Wildman–Crippen MR) is 146 cm³/mol. The number of fused-ring (bicyclic) bond motifs is 1. The Morgan fingerprint density at radius 3 is 2.67 bits per heavy atom. The number of pyridine rings is 1. The Hall–Kier alpha value is -3.94. The van der Waals surface area contributed by atoms with Gasteiger partial charge in [-0.15, -0.1) is 0 Å². The van der Waals surface area contributed by atoms with Gasteiger partial charge in [-0.1, -0.05) is 26.8 Å². The average molecular weight is 535 g/mol. The van der Waals surface area contributed by atoms with E-state index in [1.807, 2.05) is 50.1 Å². The summed E-state index contributed by atoms with van der Waals surface area (Å²) in [5.74, 6) is 0.511. The first kappa shape index (κ1) is 26.7. The van der Waals surface area contributed by atoms with Gasteiger partial charge < -0.3 is 20.2 Å². The third kappa shape index (κ3) is 5.46. The molecule has 1 aliphatic carbocycles. The summed E-state index contributed by atoms with van der Waals surface area (Å²) < 4.78 is 17.9. The first-order valence-electron chi connectivity index (χ1n) is 13.5. The number of rotatable bonds is 5. The number of carbonyl (C=O) groups is 1. The van der Waals surface area contributed by atoms with Crippen LogP contribution in [0.15, 0.2) is 30.6 Å². The molecule has 0 aromatic carbocycles. The first-order valence-corrected chi connectivity index (χ1v) is 13.5. The molecule has 1 saturated carbocycles. The summed E-state index contributed by atoms with van der Waals surface area (Å²) in [6.45, 7) is 6.86. The summed E-state index contributed by atoms with van der Waals surface area (Å²) in [6, 6.07) is 7.66. The van der Waals surface area contributed by atoms with E-state index in [4.69, 9.17) is 10.2 Å². The fraction of sp³-hybridized carbons (Fsp3) is 0.536. The second kappa shape index (κ2) is 10.7. The van der Waals surface area contributed by atoms with Crippen molar-refractivity contribution in [2.24, 2.45) is 11.3 Å². The second-order valence-corrected chi connectivity index (χ2v) is 11.7. The molecule has 1 saturated heterocycles. The summed E-state index contributed by atoms with van der Waals surface area (Å²) in [5.41, 5.74) is 1.14. The minimum absolute atomic E-state index is 0.0418. The monoisotopic (exact) mass is 534 g/mol. The lowest BCUT2D eigenvalue weighted by atomic mass is 9.84. The molecule has 4 heterocycles. The number of nitriles is 1. The highest BCUT2D eigenvalue weighted by atomic mass is 19.1. The van der Waals surface area contributed by atoms with Crippen LogP contribution in [0.1, 0.15) is 52.9 Å². The number of nitrogens with one attached hydrogen (secondary N) is 1. The fourth-order valence-electron chi connectivity index (χ4n) is 5.75. The lowest BCUT2D eigenvalue weighted by molar-refractivity contribution is 0.0745. The SMILES string of the molecule is CC(C)(C)C1CN(c2nc(-c3cnn4ccccc34)nc(NC3CCC(CC#N)CC3)c2F)CCN1C(=O)O. The van der Waals surface area contributed by atoms with Gasteiger partial charge in [0, 0.05) is 38.3 Å². The highest BCUT2D eigenvalue weighted by Crippen LogP contribution is 2.35. The van der Waals surface area contributed by atoms with Crippen LogP contribution in [0.2, 0.25) is 0 Å². The highest BCUT2D eigenvalue weighted by molar-refractivity contribution is 5.77. The molecule has 206 valence electrons. The molecule has 0 spiro atoms. The molecule has 39 heavy (non-hydrogen) atoms. The Labute approximate surface area is 227 Å². The fourth-order valence-corrected chi connectivity index (χ4v) is 5.75. The maximum atomic E-state index is 16.2. The molecule has 1 amide bonds. The van der Waals surface area contributed by atoms with Gasteiger partial charge >= 0.3 is 6.09 Å². The van der Waals surface area contributed by atoms with Gasteiger partial charge in [-0.2, -0.15) is 14.8 Å². The number of hydrogen-bond acceptors (Lipinski definition) is 7. The molecular weight excluding hydrogens is 499 g/mol. The van der Waals surface area contributed by atoms with Crippen molar-refractivity contribution in [3.8, 4) is 17.5 Å². The first-order chi connectivity index (χ1) is 18.7. The van der Waals surface area contributed by atoms with Crippen molar-refractivity contribution in [3.05, 3.63) is 36.4 Å². The van der Waals surface area contributed by atoms with Crippen molar-refractivity contribution in [2.75, 3.05) is 29.9 Å². The molecule has 3 aromatic rings. The summed E-state index contributed by atoms with van der Waals surface area (Å²) in [4.78, 5) is 24.6. The Bertz CT molecular complexity index is 1390. The van der Waals surface area contributed by atoms with Crippen LogP contribution < -0.4 is 10.2 Å². The van der Waals surface area contributed by atoms with Gasteiger partial charge in [0.15, 0.2) is 17.5 Å². The van der Waals surface area contributed by atoms with Gasteiger partial charge in [-0.25, -0.2) is 19.3 Å². The maximum absolute atomic E-state index is 16.2. The molecule has 2 fully saturated rings. The topological polar surface area (TPSA) is 123 Å². The van der Waals surface area contributed by atoms with E-state index in [2.05, 4.69) is 21.5 Å². The van der Waals surface area contributed by atoms with Crippen LogP contribution >= 0.6 is 0 Å². The number of carboxylic acid groups (broad SMARTS) is 1. The number of piperazine rings is 1. The molecule has 0 radical (unpaired) electrons. The molecule has 3 aromatic heterocycles. The van der Waals surface area contributed by atoms with Crippen LogP contribution in [-0.2, 0) is 0 Å². The van der Waals surface area contributed by atoms with E-state index in [-0.39, 0.29) is 35.7 Å². The van der Waals surface area contributed by atoms with E-state index in [9.17, 15) is 9.90 Å². The van der Waals surface area contributed by atoms with Crippen molar-refractivity contribution in [2.45, 2.75) is 65.0 Å². The van der Waals surface area contributed by atoms with Gasteiger partial charge in [-0.3, -0.25) is 0 Å². The Morgan fingerprint density at radius 2 is 1.97 bits per heavy atom. The standard InChI is InChI=1S/C28H35FN8O2/c1-28(2,3)22-17-35(14-15-36(22)27(38)39)26-23(29)25(32-19-9-7-18(8-10-19)11-12-30)33-24(34-26)20-16-31-37-13-5-4-6-21(20)37/h4-6,13,16,18-19,22H,7-11,14-15,17H2,1-3H3,(H,38,39)(H,32,33,34). The van der Waals surface area contributed by atoms with Crippen LogP contribution in [0.4, 0.5) is 20.8 Å². The molecule has 5 rings (SSSR count). The van der Waals surface area contributed by atoms with E-state index in [1.54, 1.807) is 10.7 Å². The molecular formula is C28H35FN8O2. The molecule has 2 N–H and O–H groups in total. The average Bonchev–Trinajstić information content (AvgIpc) is 3.34. The van der Waals surface area contributed by atoms with Crippen molar-refractivity contribution >= 4 is 23.2 Å². The van der Waals surface area contributed by atoms with Gasteiger partial charge in [0.1, 0.15) is 0 Å². The third-order valence-electron chi connectivity index (χ3n) is 7.99. The maximum Gasteiger partial charge on any atom is 0.407 e. The summed E-state index contributed by atoms with van der Waals surface area (Å²) in [5, 5.41) is 26.6. The largest absolute Gasteiger partial charge is 0.465 e. The number of halogens is 1. The molecule has 1 aliphatic heterocycles. The van der Waals surface area contributed by atoms with Crippen molar-refractivity contribution in [3.63, 3.8) is 0 Å². The van der Waals surface area contributed by atoms with Gasteiger partial charge in [0.05, 0.1) is 29.4 Å². The van der Waals surface area contributed by atoms with Crippen LogP contribution in [0.25, 0.3) is 16.9 Å². The van der Waals surface area contributed by atoms with Crippen molar-refractivity contribution in [1.82, 2.24) is 24.5 Å².